The summed E-state index contributed by atoms with van der Waals surface area (Å²) in [4.78, 5) is 13.5. The predicted molar refractivity (Wildman–Crippen MR) is 78.4 cm³/mol. The zero-order valence-corrected chi connectivity index (χ0v) is 12.6. The average Bonchev–Trinajstić information content (AvgIpc) is 2.46. The van der Waals surface area contributed by atoms with Gasteiger partial charge in [0.25, 0.3) is 5.69 Å². The van der Waals surface area contributed by atoms with E-state index in [2.05, 4.69) is 0 Å². The van der Waals surface area contributed by atoms with Crippen molar-refractivity contribution < 1.29 is 23.2 Å². The lowest BCUT2D eigenvalue weighted by Gasteiger charge is -2.36. The molecule has 1 atom stereocenters. The molecule has 0 aromatic heterocycles. The maximum Gasteiger partial charge on any atom is 0.423 e. The fourth-order valence-corrected chi connectivity index (χ4v) is 2.67. The molecule has 0 aliphatic carbocycles. The van der Waals surface area contributed by atoms with E-state index < -0.39 is 28.5 Å². The topological polar surface area (TPSA) is 69.8 Å². The first-order valence-corrected chi connectivity index (χ1v) is 7.19. The number of piperazine rings is 1. The number of nitro groups is 1. The van der Waals surface area contributed by atoms with Crippen LogP contribution in [0.2, 0.25) is 0 Å². The van der Waals surface area contributed by atoms with Gasteiger partial charge in [0.1, 0.15) is 5.56 Å². The minimum atomic E-state index is -4.77. The van der Waals surface area contributed by atoms with Crippen molar-refractivity contribution in [1.82, 2.24) is 4.90 Å². The standard InChI is InChI=1S/C14H18F3N3O3/c1-10(21)9-18-4-6-19(7-5-18)11-2-3-13(20(22)23)12(8-11)14(15,16)17/h2-3,8,10,21H,4-7,9H2,1H3/t10-/m1/s1. The number of β-amino-alcohol motifs (C(OH)–C–C–N with tert-alkyl or cyclic N) is 1. The highest BCUT2D eigenvalue weighted by Gasteiger charge is 2.38. The smallest absolute Gasteiger partial charge is 0.392 e. The van der Waals surface area contributed by atoms with Crippen molar-refractivity contribution in [2.45, 2.75) is 19.2 Å². The van der Waals surface area contributed by atoms with Gasteiger partial charge in [-0.25, -0.2) is 0 Å². The molecule has 6 nitrogen and oxygen atoms in total. The molecule has 0 radical (unpaired) electrons. The Morgan fingerprint density at radius 3 is 2.39 bits per heavy atom. The summed E-state index contributed by atoms with van der Waals surface area (Å²) in [5, 5.41) is 20.1. The Morgan fingerprint density at radius 1 is 1.30 bits per heavy atom. The second-order valence-electron chi connectivity index (χ2n) is 5.59. The Hall–Kier alpha value is -1.87. The molecule has 1 fully saturated rings. The van der Waals surface area contributed by atoms with Gasteiger partial charge >= 0.3 is 6.18 Å². The zero-order chi connectivity index (χ0) is 17.2. The summed E-state index contributed by atoms with van der Waals surface area (Å²) in [5.41, 5.74) is -1.85. The van der Waals surface area contributed by atoms with E-state index in [0.29, 0.717) is 38.4 Å². The van der Waals surface area contributed by atoms with Gasteiger partial charge in [0, 0.05) is 44.5 Å². The van der Waals surface area contributed by atoms with Crippen molar-refractivity contribution >= 4 is 11.4 Å². The third-order valence-corrected chi connectivity index (χ3v) is 3.74. The third kappa shape index (κ3) is 4.32. The number of benzene rings is 1. The Kier molecular flexibility index (Phi) is 5.10. The van der Waals surface area contributed by atoms with Crippen LogP contribution in [0.4, 0.5) is 24.5 Å². The largest absolute Gasteiger partial charge is 0.423 e. The Balaban J connectivity index is 2.17. The van der Waals surface area contributed by atoms with Gasteiger partial charge in [0.05, 0.1) is 11.0 Å². The molecular formula is C14H18F3N3O3. The van der Waals surface area contributed by atoms with Crippen molar-refractivity contribution in [1.29, 1.82) is 0 Å². The summed E-state index contributed by atoms with van der Waals surface area (Å²) in [6.07, 6.45) is -5.23. The van der Waals surface area contributed by atoms with Crippen LogP contribution in [0.5, 0.6) is 0 Å². The van der Waals surface area contributed by atoms with Gasteiger partial charge in [-0.1, -0.05) is 0 Å². The highest BCUT2D eigenvalue weighted by Crippen LogP contribution is 2.38. The zero-order valence-electron chi connectivity index (χ0n) is 12.6. The van der Waals surface area contributed by atoms with Crippen LogP contribution in [-0.2, 0) is 6.18 Å². The van der Waals surface area contributed by atoms with E-state index in [1.807, 2.05) is 4.90 Å². The Bertz CT molecular complexity index is 570. The lowest BCUT2D eigenvalue weighted by atomic mass is 10.1. The third-order valence-electron chi connectivity index (χ3n) is 3.74. The van der Waals surface area contributed by atoms with Crippen molar-refractivity contribution in [3.8, 4) is 0 Å². The number of anilines is 1. The van der Waals surface area contributed by atoms with E-state index in [0.717, 1.165) is 12.1 Å². The second-order valence-corrected chi connectivity index (χ2v) is 5.59. The molecule has 0 amide bonds. The van der Waals surface area contributed by atoms with E-state index in [4.69, 9.17) is 0 Å². The summed E-state index contributed by atoms with van der Waals surface area (Å²) in [5.74, 6) is 0. The predicted octanol–water partition coefficient (Wildman–Crippen LogP) is 2.12. The van der Waals surface area contributed by atoms with Crippen LogP contribution in [0.25, 0.3) is 0 Å². The molecule has 1 N–H and O–H groups in total. The van der Waals surface area contributed by atoms with Crippen molar-refractivity contribution in [2.24, 2.45) is 0 Å². The molecule has 23 heavy (non-hydrogen) atoms. The fraction of sp³-hybridized carbons (Fsp3) is 0.571. The first kappa shape index (κ1) is 17.5. The number of aliphatic hydroxyl groups excluding tert-OH is 1. The number of halogens is 3. The fourth-order valence-electron chi connectivity index (χ4n) is 2.67. The second kappa shape index (κ2) is 6.71. The van der Waals surface area contributed by atoms with Gasteiger partial charge in [-0.15, -0.1) is 0 Å². The first-order valence-electron chi connectivity index (χ1n) is 7.19. The number of rotatable bonds is 4. The SMILES string of the molecule is C[C@@H](O)CN1CCN(c2ccc([N+](=O)[O-])c(C(F)(F)F)c2)CC1. The van der Waals surface area contributed by atoms with Crippen LogP contribution in [0.3, 0.4) is 0 Å². The van der Waals surface area contributed by atoms with Gasteiger partial charge in [0.15, 0.2) is 0 Å². The lowest BCUT2D eigenvalue weighted by molar-refractivity contribution is -0.388. The van der Waals surface area contributed by atoms with Crippen LogP contribution >= 0.6 is 0 Å². The van der Waals surface area contributed by atoms with E-state index in [1.54, 1.807) is 11.8 Å². The molecule has 128 valence electrons. The molecule has 1 aromatic rings. The lowest BCUT2D eigenvalue weighted by Crippen LogP contribution is -2.48. The van der Waals surface area contributed by atoms with E-state index in [1.165, 1.54) is 6.07 Å². The van der Waals surface area contributed by atoms with Crippen LogP contribution in [0, 0.1) is 10.1 Å². The molecule has 0 spiro atoms. The molecule has 9 heteroatoms. The van der Waals surface area contributed by atoms with E-state index in [9.17, 15) is 28.4 Å². The van der Waals surface area contributed by atoms with Crippen LogP contribution in [0.15, 0.2) is 18.2 Å². The molecule has 0 saturated carbocycles. The summed E-state index contributed by atoms with van der Waals surface area (Å²) >= 11 is 0. The van der Waals surface area contributed by atoms with Gasteiger partial charge in [0.2, 0.25) is 0 Å². The van der Waals surface area contributed by atoms with E-state index >= 15 is 0 Å². The molecule has 0 bridgehead atoms. The molecule has 1 aliphatic rings. The number of nitrogens with zero attached hydrogens (tertiary/aromatic N) is 3. The molecule has 2 rings (SSSR count). The summed E-state index contributed by atoms with van der Waals surface area (Å²) < 4.78 is 39.0. The van der Waals surface area contributed by atoms with Crippen LogP contribution < -0.4 is 4.90 Å². The molecule has 1 aromatic carbocycles. The highest BCUT2D eigenvalue weighted by atomic mass is 19.4. The van der Waals surface area contributed by atoms with Gasteiger partial charge < -0.3 is 10.0 Å². The summed E-state index contributed by atoms with van der Waals surface area (Å²) in [6, 6.07) is 3.08. The number of aliphatic hydroxyl groups is 1. The number of hydrogen-bond acceptors (Lipinski definition) is 5. The number of hydrogen-bond donors (Lipinski definition) is 1. The monoisotopic (exact) mass is 333 g/mol. The minimum absolute atomic E-state index is 0.319. The molecule has 0 unspecified atom stereocenters. The van der Waals surface area contributed by atoms with Crippen molar-refractivity contribution in [3.63, 3.8) is 0 Å². The Morgan fingerprint density at radius 2 is 1.91 bits per heavy atom. The summed E-state index contributed by atoms with van der Waals surface area (Å²) in [6.45, 7) is 4.43. The molecule has 1 saturated heterocycles. The number of nitro benzene ring substituents is 1. The maximum absolute atomic E-state index is 13.0. The molecular weight excluding hydrogens is 315 g/mol. The van der Waals surface area contributed by atoms with Crippen LogP contribution in [0.1, 0.15) is 12.5 Å². The normalized spacial score (nSPS) is 18.0. The quantitative estimate of drug-likeness (QED) is 0.675. The summed E-state index contributed by atoms with van der Waals surface area (Å²) in [7, 11) is 0. The van der Waals surface area contributed by atoms with Gasteiger partial charge in [-0.05, 0) is 19.1 Å². The van der Waals surface area contributed by atoms with Gasteiger partial charge in [-0.3, -0.25) is 15.0 Å². The van der Waals surface area contributed by atoms with Crippen molar-refractivity contribution in [2.75, 3.05) is 37.6 Å². The van der Waals surface area contributed by atoms with Crippen LogP contribution in [-0.4, -0.2) is 53.8 Å². The molecule has 1 heterocycles. The maximum atomic E-state index is 13.0. The highest BCUT2D eigenvalue weighted by molar-refractivity contribution is 5.57. The Labute approximate surface area is 131 Å². The van der Waals surface area contributed by atoms with Gasteiger partial charge in [-0.2, -0.15) is 13.2 Å². The first-order chi connectivity index (χ1) is 10.7. The molecule has 1 aliphatic heterocycles. The number of alkyl halides is 3. The average molecular weight is 333 g/mol. The minimum Gasteiger partial charge on any atom is -0.392 e. The van der Waals surface area contributed by atoms with E-state index in [-0.39, 0.29) is 0 Å². The van der Waals surface area contributed by atoms with Crippen molar-refractivity contribution in [3.05, 3.63) is 33.9 Å².